The van der Waals surface area contributed by atoms with Crippen LogP contribution < -0.4 is 25.0 Å². The number of pyridine rings is 2. The number of ether oxygens (including phenoxy) is 3. The Kier molecular flexibility index (Phi) is 7.71. The molecule has 2 fully saturated rings. The van der Waals surface area contributed by atoms with E-state index in [1.807, 2.05) is 24.3 Å². The van der Waals surface area contributed by atoms with Gasteiger partial charge in [0.2, 0.25) is 5.88 Å². The van der Waals surface area contributed by atoms with Crippen molar-refractivity contribution in [2.24, 2.45) is 5.92 Å². The summed E-state index contributed by atoms with van der Waals surface area (Å²) < 4.78 is 17.1. The highest BCUT2D eigenvalue weighted by Crippen LogP contribution is 2.30. The summed E-state index contributed by atoms with van der Waals surface area (Å²) in [5.74, 6) is 2.05. The second-order valence-electron chi connectivity index (χ2n) is 10.9. The lowest BCUT2D eigenvalue weighted by Crippen LogP contribution is -2.29. The minimum Gasteiger partial charge on any atom is -0.480 e. The largest absolute Gasteiger partial charge is 0.480 e. The van der Waals surface area contributed by atoms with Gasteiger partial charge >= 0.3 is 6.09 Å². The number of amides is 2. The number of carbonyl (C=O) groups is 2. The molecule has 11 heteroatoms. The lowest BCUT2D eigenvalue weighted by Gasteiger charge is -2.19. The first-order valence-electron chi connectivity index (χ1n) is 14.0. The number of benzene rings is 1. The molecule has 41 heavy (non-hydrogen) atoms. The minimum absolute atomic E-state index is 0.0455. The SMILES string of the molecule is C[C@@H]1CN(C)C[C@H]1Oc1cccc(-c2cccc(CNCC[C@H]3CN(c4ccc5c(n4)NC(=O)CO5)C(=O)O3)c2)n1. The van der Waals surface area contributed by atoms with Crippen LogP contribution in [0.3, 0.4) is 0 Å². The van der Waals surface area contributed by atoms with Crippen molar-refractivity contribution in [3.05, 3.63) is 60.2 Å². The molecule has 3 aliphatic rings. The molecule has 5 heterocycles. The first-order valence-corrected chi connectivity index (χ1v) is 14.0. The Morgan fingerprint density at radius 2 is 1.95 bits per heavy atom. The Hall–Kier alpha value is -4.22. The van der Waals surface area contributed by atoms with Crippen molar-refractivity contribution in [2.75, 3.05) is 50.1 Å². The fourth-order valence-electron chi connectivity index (χ4n) is 5.42. The van der Waals surface area contributed by atoms with Crippen LogP contribution in [0.15, 0.2) is 54.6 Å². The van der Waals surface area contributed by atoms with Crippen LogP contribution in [-0.4, -0.2) is 78.9 Å². The van der Waals surface area contributed by atoms with E-state index in [1.54, 1.807) is 12.1 Å². The minimum atomic E-state index is -0.452. The molecule has 2 N–H and O–H groups in total. The highest BCUT2D eigenvalue weighted by Gasteiger charge is 2.34. The highest BCUT2D eigenvalue weighted by molar-refractivity contribution is 5.95. The first-order chi connectivity index (χ1) is 19.9. The fraction of sp³-hybridized carbons (Fsp3) is 0.400. The average Bonchev–Trinajstić information content (AvgIpc) is 3.50. The molecule has 0 saturated carbocycles. The molecule has 6 rings (SSSR count). The zero-order valence-electron chi connectivity index (χ0n) is 23.2. The molecular weight excluding hydrogens is 524 g/mol. The van der Waals surface area contributed by atoms with Crippen LogP contribution in [0, 0.1) is 5.92 Å². The van der Waals surface area contributed by atoms with E-state index in [1.165, 1.54) is 4.90 Å². The van der Waals surface area contributed by atoms with Crippen molar-refractivity contribution >= 4 is 23.6 Å². The third-order valence-electron chi connectivity index (χ3n) is 7.53. The summed E-state index contributed by atoms with van der Waals surface area (Å²) in [6.07, 6.45) is 0.0873. The Bertz CT molecular complexity index is 1430. The van der Waals surface area contributed by atoms with E-state index in [0.29, 0.717) is 55.2 Å². The molecule has 3 atom stereocenters. The summed E-state index contributed by atoms with van der Waals surface area (Å²) in [5.41, 5.74) is 3.04. The van der Waals surface area contributed by atoms with E-state index in [0.717, 1.165) is 29.9 Å². The summed E-state index contributed by atoms with van der Waals surface area (Å²) in [6.45, 7) is 5.84. The molecule has 3 aliphatic heterocycles. The number of rotatable bonds is 9. The van der Waals surface area contributed by atoms with Gasteiger partial charge in [0.1, 0.15) is 18.0 Å². The number of fused-ring (bicyclic) bond motifs is 1. The molecule has 3 aromatic rings. The zero-order valence-corrected chi connectivity index (χ0v) is 23.2. The van der Waals surface area contributed by atoms with Gasteiger partial charge in [0.05, 0.1) is 12.2 Å². The van der Waals surface area contributed by atoms with Gasteiger partial charge in [-0.15, -0.1) is 0 Å². The normalized spacial score (nSPS) is 22.2. The maximum atomic E-state index is 12.5. The summed E-state index contributed by atoms with van der Waals surface area (Å²) in [5, 5.41) is 6.12. The van der Waals surface area contributed by atoms with E-state index in [2.05, 4.69) is 52.7 Å². The van der Waals surface area contributed by atoms with Gasteiger partial charge in [-0.05, 0) is 49.8 Å². The summed E-state index contributed by atoms with van der Waals surface area (Å²) in [7, 11) is 2.12. The van der Waals surface area contributed by atoms with Crippen LogP contribution in [0.4, 0.5) is 16.4 Å². The number of nitrogens with one attached hydrogen (secondary N) is 2. The van der Waals surface area contributed by atoms with Crippen molar-refractivity contribution in [1.82, 2.24) is 20.2 Å². The second-order valence-corrected chi connectivity index (χ2v) is 10.9. The Labute approximate surface area is 238 Å². The van der Waals surface area contributed by atoms with Crippen LogP contribution in [-0.2, 0) is 16.1 Å². The average molecular weight is 559 g/mol. The summed E-state index contributed by atoms with van der Waals surface area (Å²) >= 11 is 0. The van der Waals surface area contributed by atoms with E-state index < -0.39 is 6.09 Å². The second kappa shape index (κ2) is 11.7. The molecule has 11 nitrogen and oxygen atoms in total. The van der Waals surface area contributed by atoms with Crippen molar-refractivity contribution in [3.8, 4) is 22.9 Å². The number of hydrogen-bond acceptors (Lipinski definition) is 9. The maximum absolute atomic E-state index is 12.5. The zero-order chi connectivity index (χ0) is 28.3. The van der Waals surface area contributed by atoms with Gasteiger partial charge in [0.25, 0.3) is 5.91 Å². The van der Waals surface area contributed by atoms with E-state index in [9.17, 15) is 9.59 Å². The van der Waals surface area contributed by atoms with E-state index >= 15 is 0 Å². The predicted octanol–water partition coefficient (Wildman–Crippen LogP) is 3.31. The van der Waals surface area contributed by atoms with Gasteiger partial charge < -0.3 is 29.7 Å². The van der Waals surface area contributed by atoms with Gasteiger partial charge in [0, 0.05) is 37.2 Å². The number of anilines is 2. The number of cyclic esters (lactones) is 1. The third kappa shape index (κ3) is 6.26. The molecule has 0 bridgehead atoms. The van der Waals surface area contributed by atoms with E-state index in [4.69, 9.17) is 19.2 Å². The van der Waals surface area contributed by atoms with Crippen molar-refractivity contribution in [1.29, 1.82) is 0 Å². The molecule has 1 aromatic carbocycles. The third-order valence-corrected chi connectivity index (χ3v) is 7.53. The molecule has 2 saturated heterocycles. The smallest absolute Gasteiger partial charge is 0.415 e. The molecule has 0 unspecified atom stereocenters. The topological polar surface area (TPSA) is 118 Å². The summed E-state index contributed by atoms with van der Waals surface area (Å²) in [4.78, 5) is 37.0. The standard InChI is InChI=1S/C30H34N6O5/c1-19-15-35(2)17-25(19)41-28-8-4-7-23(32-28)21-6-3-5-20(13-21)14-31-12-11-22-16-36(30(38)40-22)26-10-9-24-29(33-26)34-27(37)18-39-24/h3-10,13,19,22,25,31H,11-12,14-18H2,1-2H3,(H,33,34,37)/t19-,22+,25-/m1/s1. The van der Waals surface area contributed by atoms with Crippen LogP contribution in [0.25, 0.3) is 11.3 Å². The Morgan fingerprint density at radius 1 is 1.07 bits per heavy atom. The van der Waals surface area contributed by atoms with Gasteiger partial charge in [-0.1, -0.05) is 31.2 Å². The molecule has 2 aromatic heterocycles. The lowest BCUT2D eigenvalue weighted by molar-refractivity contribution is -0.118. The van der Waals surface area contributed by atoms with Gasteiger partial charge in [-0.2, -0.15) is 0 Å². The predicted molar refractivity (Wildman–Crippen MR) is 153 cm³/mol. The summed E-state index contributed by atoms with van der Waals surface area (Å²) in [6, 6.07) is 17.6. The van der Waals surface area contributed by atoms with Crippen molar-refractivity contribution in [2.45, 2.75) is 32.1 Å². The van der Waals surface area contributed by atoms with Crippen LogP contribution >= 0.6 is 0 Å². The van der Waals surface area contributed by atoms with Crippen LogP contribution in [0.1, 0.15) is 18.9 Å². The lowest BCUT2D eigenvalue weighted by atomic mass is 10.1. The maximum Gasteiger partial charge on any atom is 0.415 e. The number of likely N-dealkylation sites (N-methyl/N-ethyl adjacent to an activating group) is 1. The number of likely N-dealkylation sites (tertiary alicyclic amines) is 1. The highest BCUT2D eigenvalue weighted by atomic mass is 16.6. The fourth-order valence-corrected chi connectivity index (χ4v) is 5.42. The first kappa shape index (κ1) is 27.0. The van der Waals surface area contributed by atoms with Crippen molar-refractivity contribution < 1.29 is 23.8 Å². The molecule has 0 aliphatic carbocycles. The molecule has 2 amide bonds. The van der Waals surface area contributed by atoms with Crippen molar-refractivity contribution in [3.63, 3.8) is 0 Å². The molecular formula is C30H34N6O5. The van der Waals surface area contributed by atoms with E-state index in [-0.39, 0.29) is 24.7 Å². The number of hydrogen-bond donors (Lipinski definition) is 2. The monoisotopic (exact) mass is 558 g/mol. The number of nitrogens with zero attached hydrogens (tertiary/aromatic N) is 4. The van der Waals surface area contributed by atoms with Gasteiger partial charge in [0.15, 0.2) is 18.2 Å². The quantitative estimate of drug-likeness (QED) is 0.382. The van der Waals surface area contributed by atoms with Crippen LogP contribution in [0.2, 0.25) is 0 Å². The molecule has 0 spiro atoms. The van der Waals surface area contributed by atoms with Crippen LogP contribution in [0.5, 0.6) is 11.6 Å². The Morgan fingerprint density at radius 3 is 2.80 bits per heavy atom. The Balaban J connectivity index is 1.00. The van der Waals surface area contributed by atoms with Gasteiger partial charge in [-0.25, -0.2) is 14.8 Å². The molecule has 0 radical (unpaired) electrons. The molecule has 214 valence electrons. The van der Waals surface area contributed by atoms with Gasteiger partial charge in [-0.3, -0.25) is 9.69 Å². The number of aromatic nitrogens is 2. The number of carbonyl (C=O) groups excluding carboxylic acids is 2.